The van der Waals surface area contributed by atoms with E-state index in [4.69, 9.17) is 0 Å². The summed E-state index contributed by atoms with van der Waals surface area (Å²) >= 11 is 0. The van der Waals surface area contributed by atoms with E-state index in [9.17, 15) is 4.79 Å². The van der Waals surface area contributed by atoms with Gasteiger partial charge in [-0.05, 0) is 64.4 Å². The number of amides is 1. The minimum absolute atomic E-state index is 0.0632. The van der Waals surface area contributed by atoms with Crippen molar-refractivity contribution in [1.29, 1.82) is 0 Å². The molecule has 0 radical (unpaired) electrons. The summed E-state index contributed by atoms with van der Waals surface area (Å²) in [5.74, 6) is 0.728. The van der Waals surface area contributed by atoms with Gasteiger partial charge < -0.3 is 10.6 Å². The smallest absolute Gasteiger partial charge is 0.238 e. The van der Waals surface area contributed by atoms with Crippen LogP contribution in [0.25, 0.3) is 0 Å². The van der Waals surface area contributed by atoms with Gasteiger partial charge in [0.1, 0.15) is 0 Å². The standard InChI is InChI=1S/C17H27N3O/c1-13-6-7-16(14(2)9-13)19-17(21)12-20(3)11-15-5-4-8-18-10-15/h6-7,9,15,18H,4-5,8,10-12H2,1-3H3,(H,19,21). The summed E-state index contributed by atoms with van der Waals surface area (Å²) in [7, 11) is 2.02. The molecule has 0 saturated carbocycles. The Kier molecular flexibility index (Phi) is 5.76. The van der Waals surface area contributed by atoms with Gasteiger partial charge in [0.25, 0.3) is 0 Å². The van der Waals surface area contributed by atoms with Gasteiger partial charge >= 0.3 is 0 Å². The first kappa shape index (κ1) is 16.0. The molecular formula is C17H27N3O. The van der Waals surface area contributed by atoms with Gasteiger partial charge in [-0.15, -0.1) is 0 Å². The maximum atomic E-state index is 12.1. The first-order valence-corrected chi connectivity index (χ1v) is 7.81. The summed E-state index contributed by atoms with van der Waals surface area (Å²) in [6.45, 7) is 7.72. The largest absolute Gasteiger partial charge is 0.325 e. The van der Waals surface area contributed by atoms with Crippen LogP contribution in [0.1, 0.15) is 24.0 Å². The number of hydrogen-bond acceptors (Lipinski definition) is 3. The maximum Gasteiger partial charge on any atom is 0.238 e. The van der Waals surface area contributed by atoms with E-state index in [1.807, 2.05) is 26.1 Å². The summed E-state index contributed by atoms with van der Waals surface area (Å²) in [6.07, 6.45) is 2.50. The Balaban J connectivity index is 1.80. The third-order valence-electron chi connectivity index (χ3n) is 4.04. The number of hydrogen-bond donors (Lipinski definition) is 2. The van der Waals surface area contributed by atoms with Crippen LogP contribution in [0.5, 0.6) is 0 Å². The van der Waals surface area contributed by atoms with E-state index in [0.29, 0.717) is 12.5 Å². The highest BCUT2D eigenvalue weighted by molar-refractivity contribution is 5.92. The van der Waals surface area contributed by atoms with Crippen molar-refractivity contribution in [3.63, 3.8) is 0 Å². The van der Waals surface area contributed by atoms with Gasteiger partial charge in [0.15, 0.2) is 0 Å². The van der Waals surface area contributed by atoms with Gasteiger partial charge in [-0.2, -0.15) is 0 Å². The van der Waals surface area contributed by atoms with Crippen LogP contribution in [0.15, 0.2) is 18.2 Å². The number of aryl methyl sites for hydroxylation is 2. The van der Waals surface area contributed by atoms with Crippen molar-refractivity contribution in [2.75, 3.05) is 38.5 Å². The predicted octanol–water partition coefficient (Wildman–Crippen LogP) is 2.17. The fourth-order valence-corrected chi connectivity index (χ4v) is 2.97. The Morgan fingerprint density at radius 1 is 1.43 bits per heavy atom. The normalized spacial score (nSPS) is 18.8. The van der Waals surface area contributed by atoms with E-state index in [-0.39, 0.29) is 5.91 Å². The average Bonchev–Trinajstić information content (AvgIpc) is 2.43. The number of piperidine rings is 1. The fourth-order valence-electron chi connectivity index (χ4n) is 2.97. The monoisotopic (exact) mass is 289 g/mol. The first-order chi connectivity index (χ1) is 10.0. The number of likely N-dealkylation sites (N-methyl/N-ethyl adjacent to an activating group) is 1. The number of carbonyl (C=O) groups excluding carboxylic acids is 1. The van der Waals surface area contributed by atoms with E-state index in [2.05, 4.69) is 28.5 Å². The van der Waals surface area contributed by atoms with E-state index < -0.39 is 0 Å². The van der Waals surface area contributed by atoms with Crippen LogP contribution in [-0.4, -0.2) is 44.0 Å². The van der Waals surface area contributed by atoms with Gasteiger partial charge in [0, 0.05) is 12.2 Å². The highest BCUT2D eigenvalue weighted by Gasteiger charge is 2.16. The van der Waals surface area contributed by atoms with Crippen LogP contribution in [0.3, 0.4) is 0 Å². The minimum Gasteiger partial charge on any atom is -0.325 e. The molecule has 0 aliphatic carbocycles. The molecule has 0 aromatic heterocycles. The topological polar surface area (TPSA) is 44.4 Å². The summed E-state index contributed by atoms with van der Waals surface area (Å²) in [4.78, 5) is 14.3. The van der Waals surface area contributed by atoms with Crippen LogP contribution in [0, 0.1) is 19.8 Å². The van der Waals surface area contributed by atoms with E-state index in [1.165, 1.54) is 18.4 Å². The lowest BCUT2D eigenvalue weighted by atomic mass is 9.99. The van der Waals surface area contributed by atoms with Crippen LogP contribution in [-0.2, 0) is 4.79 Å². The average molecular weight is 289 g/mol. The molecule has 1 amide bonds. The second-order valence-corrected chi connectivity index (χ2v) is 6.28. The molecule has 1 aromatic rings. The lowest BCUT2D eigenvalue weighted by Gasteiger charge is -2.27. The summed E-state index contributed by atoms with van der Waals surface area (Å²) < 4.78 is 0. The number of rotatable bonds is 5. The maximum absolute atomic E-state index is 12.1. The van der Waals surface area contributed by atoms with Gasteiger partial charge in [0.2, 0.25) is 5.91 Å². The number of benzene rings is 1. The van der Waals surface area contributed by atoms with Gasteiger partial charge in [-0.3, -0.25) is 9.69 Å². The fraction of sp³-hybridized carbons (Fsp3) is 0.588. The molecular weight excluding hydrogens is 262 g/mol. The van der Waals surface area contributed by atoms with Gasteiger partial charge in [-0.25, -0.2) is 0 Å². The number of nitrogens with zero attached hydrogens (tertiary/aromatic N) is 1. The molecule has 1 aromatic carbocycles. The highest BCUT2D eigenvalue weighted by Crippen LogP contribution is 2.16. The molecule has 4 heteroatoms. The predicted molar refractivity (Wildman–Crippen MR) is 87.6 cm³/mol. The number of carbonyl (C=O) groups is 1. The van der Waals surface area contributed by atoms with Crippen molar-refractivity contribution in [1.82, 2.24) is 10.2 Å². The Hall–Kier alpha value is -1.39. The highest BCUT2D eigenvalue weighted by atomic mass is 16.2. The molecule has 1 atom stereocenters. The lowest BCUT2D eigenvalue weighted by Crippen LogP contribution is -2.39. The third kappa shape index (κ3) is 5.14. The minimum atomic E-state index is 0.0632. The number of nitrogens with one attached hydrogen (secondary N) is 2. The molecule has 1 heterocycles. The molecule has 1 aliphatic heterocycles. The Labute approximate surface area is 127 Å². The van der Waals surface area contributed by atoms with E-state index in [0.717, 1.165) is 30.9 Å². The zero-order chi connectivity index (χ0) is 15.2. The molecule has 1 aliphatic rings. The first-order valence-electron chi connectivity index (χ1n) is 7.81. The summed E-state index contributed by atoms with van der Waals surface area (Å²) in [5, 5.41) is 6.43. The second kappa shape index (κ2) is 7.57. The molecule has 116 valence electrons. The molecule has 1 saturated heterocycles. The molecule has 21 heavy (non-hydrogen) atoms. The van der Waals surface area contributed by atoms with Gasteiger partial charge in [0.05, 0.1) is 6.54 Å². The van der Waals surface area contributed by atoms with E-state index >= 15 is 0 Å². The van der Waals surface area contributed by atoms with Crippen molar-refractivity contribution < 1.29 is 4.79 Å². The summed E-state index contributed by atoms with van der Waals surface area (Å²) in [5.41, 5.74) is 3.24. The zero-order valence-electron chi connectivity index (χ0n) is 13.4. The Morgan fingerprint density at radius 2 is 2.24 bits per heavy atom. The third-order valence-corrected chi connectivity index (χ3v) is 4.04. The molecule has 0 spiro atoms. The van der Waals surface area contributed by atoms with Crippen LogP contribution in [0.4, 0.5) is 5.69 Å². The van der Waals surface area contributed by atoms with Crippen molar-refractivity contribution in [3.8, 4) is 0 Å². The SMILES string of the molecule is Cc1ccc(NC(=O)CN(C)CC2CCCNC2)c(C)c1. The zero-order valence-corrected chi connectivity index (χ0v) is 13.4. The molecule has 2 N–H and O–H groups in total. The molecule has 1 fully saturated rings. The number of anilines is 1. The molecule has 4 nitrogen and oxygen atoms in total. The lowest BCUT2D eigenvalue weighted by molar-refractivity contribution is -0.117. The van der Waals surface area contributed by atoms with Crippen LogP contribution >= 0.6 is 0 Å². The summed E-state index contributed by atoms with van der Waals surface area (Å²) in [6, 6.07) is 6.10. The van der Waals surface area contributed by atoms with Crippen molar-refractivity contribution in [2.45, 2.75) is 26.7 Å². The van der Waals surface area contributed by atoms with Crippen LogP contribution < -0.4 is 10.6 Å². The van der Waals surface area contributed by atoms with Crippen LogP contribution in [0.2, 0.25) is 0 Å². The molecule has 0 bridgehead atoms. The van der Waals surface area contributed by atoms with Crippen molar-refractivity contribution in [2.24, 2.45) is 5.92 Å². The van der Waals surface area contributed by atoms with Crippen molar-refractivity contribution in [3.05, 3.63) is 29.3 Å². The van der Waals surface area contributed by atoms with Crippen molar-refractivity contribution >= 4 is 11.6 Å². The van der Waals surface area contributed by atoms with E-state index in [1.54, 1.807) is 0 Å². The Bertz CT molecular complexity index is 481. The molecule has 1 unspecified atom stereocenters. The van der Waals surface area contributed by atoms with Gasteiger partial charge in [-0.1, -0.05) is 17.7 Å². The quantitative estimate of drug-likeness (QED) is 0.873. The molecule has 2 rings (SSSR count). The Morgan fingerprint density at radius 3 is 2.90 bits per heavy atom. The second-order valence-electron chi connectivity index (χ2n) is 6.28.